The number of nitrogens with two attached hydrogens (primary N) is 1. The van der Waals surface area contributed by atoms with Crippen molar-refractivity contribution in [3.8, 4) is 22.8 Å². The maximum Gasteiger partial charge on any atom is 0.258 e. The molecule has 0 atom stereocenters. The first-order chi connectivity index (χ1) is 9.24. The maximum absolute atomic E-state index is 5.74. The summed E-state index contributed by atoms with van der Waals surface area (Å²) < 4.78 is 6.05. The van der Waals surface area contributed by atoms with Crippen LogP contribution in [0.2, 0.25) is 0 Å². The molecule has 0 fully saturated rings. The summed E-state index contributed by atoms with van der Waals surface area (Å²) in [5.74, 6) is 0.954. The fraction of sp³-hybridized carbons (Fsp3) is 0. The second-order valence-corrected chi connectivity index (χ2v) is 4.76. The molecule has 2 heterocycles. The molecule has 1 aromatic carbocycles. The molecule has 0 saturated carbocycles. The minimum Gasteiger partial charge on any atom is -0.398 e. The average molecular weight is 317 g/mol. The van der Waals surface area contributed by atoms with Gasteiger partial charge < -0.3 is 10.3 Å². The van der Waals surface area contributed by atoms with Crippen molar-refractivity contribution in [2.75, 3.05) is 5.73 Å². The van der Waals surface area contributed by atoms with E-state index in [4.69, 9.17) is 10.3 Å². The number of nitrogen functional groups attached to an aromatic ring is 1. The monoisotopic (exact) mass is 316 g/mol. The van der Waals surface area contributed by atoms with Gasteiger partial charge in [-0.05, 0) is 46.3 Å². The highest BCUT2D eigenvalue weighted by Gasteiger charge is 2.11. The molecule has 3 aromatic rings. The molecule has 0 saturated heterocycles. The lowest BCUT2D eigenvalue weighted by Gasteiger charge is -1.99. The Morgan fingerprint density at radius 1 is 1.16 bits per heavy atom. The smallest absolute Gasteiger partial charge is 0.258 e. The Labute approximate surface area is 117 Å². The van der Waals surface area contributed by atoms with Crippen LogP contribution in [0, 0.1) is 0 Å². The molecular weight excluding hydrogens is 308 g/mol. The molecule has 3 rings (SSSR count). The zero-order valence-electron chi connectivity index (χ0n) is 9.75. The van der Waals surface area contributed by atoms with Crippen LogP contribution in [0.25, 0.3) is 22.8 Å². The molecule has 6 heteroatoms. The normalized spacial score (nSPS) is 10.6. The first-order valence-electron chi connectivity index (χ1n) is 5.53. The number of benzene rings is 1. The summed E-state index contributed by atoms with van der Waals surface area (Å²) in [4.78, 5) is 8.37. The van der Waals surface area contributed by atoms with E-state index in [1.54, 1.807) is 18.5 Å². The third-order valence-corrected chi connectivity index (χ3v) is 3.28. The second kappa shape index (κ2) is 4.81. The highest BCUT2D eigenvalue weighted by Crippen LogP contribution is 2.27. The highest BCUT2D eigenvalue weighted by atomic mass is 79.9. The lowest BCUT2D eigenvalue weighted by atomic mass is 10.2. The lowest BCUT2D eigenvalue weighted by molar-refractivity contribution is 0.432. The predicted octanol–water partition coefficient (Wildman–Crippen LogP) is 3.14. The Hall–Kier alpha value is -2.21. The number of anilines is 1. The van der Waals surface area contributed by atoms with E-state index in [1.165, 1.54) is 0 Å². The van der Waals surface area contributed by atoms with Crippen molar-refractivity contribution < 1.29 is 4.52 Å². The zero-order chi connectivity index (χ0) is 13.2. The largest absolute Gasteiger partial charge is 0.398 e. The van der Waals surface area contributed by atoms with Crippen LogP contribution >= 0.6 is 15.9 Å². The summed E-state index contributed by atoms with van der Waals surface area (Å²) in [6, 6.07) is 9.16. The molecule has 0 spiro atoms. The van der Waals surface area contributed by atoms with E-state index in [1.807, 2.05) is 24.3 Å². The van der Waals surface area contributed by atoms with Gasteiger partial charge >= 0.3 is 0 Å². The molecule has 0 radical (unpaired) electrons. The number of hydrogen-bond acceptors (Lipinski definition) is 5. The number of nitrogens with zero attached hydrogens (tertiary/aromatic N) is 3. The lowest BCUT2D eigenvalue weighted by Crippen LogP contribution is -1.87. The Bertz CT molecular complexity index is 712. The summed E-state index contributed by atoms with van der Waals surface area (Å²) in [5, 5.41) is 3.94. The summed E-state index contributed by atoms with van der Waals surface area (Å²) >= 11 is 3.37. The van der Waals surface area contributed by atoms with Gasteiger partial charge in [0.05, 0.1) is 0 Å². The van der Waals surface area contributed by atoms with Crippen LogP contribution in [0.15, 0.2) is 51.7 Å². The molecule has 0 aliphatic carbocycles. The van der Waals surface area contributed by atoms with Crippen molar-refractivity contribution in [3.05, 3.63) is 47.2 Å². The third kappa shape index (κ3) is 2.34. The molecular formula is C13H9BrN4O. The van der Waals surface area contributed by atoms with Crippen molar-refractivity contribution >= 4 is 21.6 Å². The molecule has 94 valence electrons. The van der Waals surface area contributed by atoms with Crippen molar-refractivity contribution in [2.45, 2.75) is 0 Å². The average Bonchev–Trinajstić information content (AvgIpc) is 2.93. The van der Waals surface area contributed by atoms with E-state index in [0.717, 1.165) is 15.6 Å². The van der Waals surface area contributed by atoms with E-state index >= 15 is 0 Å². The van der Waals surface area contributed by atoms with Crippen LogP contribution in [-0.4, -0.2) is 15.1 Å². The number of rotatable bonds is 2. The third-order valence-electron chi connectivity index (χ3n) is 2.59. The van der Waals surface area contributed by atoms with Gasteiger partial charge in [0.25, 0.3) is 5.89 Å². The predicted molar refractivity (Wildman–Crippen MR) is 75.1 cm³/mol. The van der Waals surface area contributed by atoms with Crippen molar-refractivity contribution in [2.24, 2.45) is 0 Å². The van der Waals surface area contributed by atoms with Gasteiger partial charge in [0.1, 0.15) is 0 Å². The minimum atomic E-state index is 0.444. The molecule has 0 amide bonds. The summed E-state index contributed by atoms with van der Waals surface area (Å²) in [6.07, 6.45) is 3.38. The van der Waals surface area contributed by atoms with Crippen LogP contribution in [-0.2, 0) is 0 Å². The maximum atomic E-state index is 5.74. The molecule has 0 bridgehead atoms. The van der Waals surface area contributed by atoms with E-state index in [9.17, 15) is 0 Å². The molecule has 2 aromatic heterocycles. The number of pyridine rings is 1. The highest BCUT2D eigenvalue weighted by molar-refractivity contribution is 9.10. The molecule has 0 unspecified atom stereocenters. The van der Waals surface area contributed by atoms with Crippen LogP contribution < -0.4 is 5.73 Å². The van der Waals surface area contributed by atoms with E-state index in [2.05, 4.69) is 31.1 Å². The minimum absolute atomic E-state index is 0.444. The van der Waals surface area contributed by atoms with Gasteiger partial charge in [-0.15, -0.1) is 0 Å². The fourth-order valence-corrected chi connectivity index (χ4v) is 1.99. The van der Waals surface area contributed by atoms with Crippen LogP contribution in [0.5, 0.6) is 0 Å². The first kappa shape index (κ1) is 11.9. The Morgan fingerprint density at radius 3 is 2.79 bits per heavy atom. The summed E-state index contributed by atoms with van der Waals surface area (Å²) in [7, 11) is 0. The number of halogens is 1. The van der Waals surface area contributed by atoms with Gasteiger partial charge in [0.2, 0.25) is 5.82 Å². The van der Waals surface area contributed by atoms with E-state index in [-0.39, 0.29) is 0 Å². The van der Waals surface area contributed by atoms with Crippen molar-refractivity contribution in [1.82, 2.24) is 15.1 Å². The topological polar surface area (TPSA) is 77.8 Å². The number of aromatic nitrogens is 3. The van der Waals surface area contributed by atoms with Crippen LogP contribution in [0.1, 0.15) is 0 Å². The Balaban J connectivity index is 1.99. The van der Waals surface area contributed by atoms with Crippen LogP contribution in [0.4, 0.5) is 5.69 Å². The van der Waals surface area contributed by atoms with Gasteiger partial charge in [0.15, 0.2) is 0 Å². The molecule has 5 nitrogen and oxygen atoms in total. The molecule has 0 aliphatic heterocycles. The number of hydrogen-bond donors (Lipinski definition) is 1. The van der Waals surface area contributed by atoms with Crippen molar-refractivity contribution in [3.63, 3.8) is 0 Å². The molecule has 0 aliphatic rings. The zero-order valence-corrected chi connectivity index (χ0v) is 11.3. The van der Waals surface area contributed by atoms with Crippen LogP contribution in [0.3, 0.4) is 0 Å². The van der Waals surface area contributed by atoms with Gasteiger partial charge in [-0.2, -0.15) is 4.98 Å². The summed E-state index contributed by atoms with van der Waals surface area (Å²) in [5.41, 5.74) is 8.03. The van der Waals surface area contributed by atoms with Gasteiger partial charge in [-0.3, -0.25) is 4.98 Å². The standard InChI is InChI=1S/C13H9BrN4O/c14-10-6-8(3-4-11(10)15)13-17-12(18-19-13)9-2-1-5-16-7-9/h1-7H,15H2. The van der Waals surface area contributed by atoms with Gasteiger partial charge in [-0.1, -0.05) is 5.16 Å². The Morgan fingerprint density at radius 2 is 2.05 bits per heavy atom. The second-order valence-electron chi connectivity index (χ2n) is 3.90. The first-order valence-corrected chi connectivity index (χ1v) is 6.33. The summed E-state index contributed by atoms with van der Waals surface area (Å²) in [6.45, 7) is 0. The van der Waals surface area contributed by atoms with Crippen molar-refractivity contribution in [1.29, 1.82) is 0 Å². The quantitative estimate of drug-likeness (QED) is 0.735. The van der Waals surface area contributed by atoms with E-state index < -0.39 is 0 Å². The van der Waals surface area contributed by atoms with Gasteiger partial charge in [0, 0.05) is 33.7 Å². The SMILES string of the molecule is Nc1ccc(-c2nc(-c3cccnc3)no2)cc1Br. The molecule has 19 heavy (non-hydrogen) atoms. The fourth-order valence-electron chi connectivity index (χ4n) is 1.61. The van der Waals surface area contributed by atoms with Gasteiger partial charge in [-0.25, -0.2) is 0 Å². The molecule has 2 N–H and O–H groups in total. The van der Waals surface area contributed by atoms with E-state index in [0.29, 0.717) is 17.4 Å². The Kier molecular flexibility index (Phi) is 3.00.